The number of benzene rings is 2. The van der Waals surface area contributed by atoms with Crippen LogP contribution >= 0.6 is 0 Å². The standard InChI is InChI=1S/C18H22N2O/c1-11-5-6-12(2)15(7-11)10-18(21)20-17-9-13(3)16(19)8-14(17)4/h5-9H,10,19H2,1-4H3,(H,20,21). The van der Waals surface area contributed by atoms with Crippen LogP contribution in [0.25, 0.3) is 0 Å². The molecule has 3 nitrogen and oxygen atoms in total. The van der Waals surface area contributed by atoms with Crippen LogP contribution in [0.3, 0.4) is 0 Å². The molecule has 0 bridgehead atoms. The average Bonchev–Trinajstić information content (AvgIpc) is 2.40. The van der Waals surface area contributed by atoms with E-state index in [1.54, 1.807) is 0 Å². The Balaban J connectivity index is 2.15. The van der Waals surface area contributed by atoms with Gasteiger partial charge in [-0.3, -0.25) is 4.79 Å². The molecule has 0 heterocycles. The highest BCUT2D eigenvalue weighted by Crippen LogP contribution is 2.22. The van der Waals surface area contributed by atoms with Gasteiger partial charge in [0.1, 0.15) is 0 Å². The summed E-state index contributed by atoms with van der Waals surface area (Å²) in [4.78, 5) is 12.3. The molecule has 0 aliphatic carbocycles. The fourth-order valence-electron chi connectivity index (χ4n) is 2.33. The van der Waals surface area contributed by atoms with Gasteiger partial charge in [0.05, 0.1) is 6.42 Å². The van der Waals surface area contributed by atoms with Crippen LogP contribution in [0.5, 0.6) is 0 Å². The first-order chi connectivity index (χ1) is 9.86. The number of nitrogens with two attached hydrogens (primary N) is 1. The Morgan fingerprint density at radius 2 is 1.71 bits per heavy atom. The highest BCUT2D eigenvalue weighted by atomic mass is 16.1. The number of hydrogen-bond acceptors (Lipinski definition) is 2. The molecule has 0 fully saturated rings. The summed E-state index contributed by atoms with van der Waals surface area (Å²) in [6.07, 6.45) is 0.385. The number of nitrogen functional groups attached to an aromatic ring is 1. The Bertz CT molecular complexity index is 690. The Labute approximate surface area is 126 Å². The summed E-state index contributed by atoms with van der Waals surface area (Å²) in [6, 6.07) is 9.99. The normalized spacial score (nSPS) is 10.5. The van der Waals surface area contributed by atoms with Crippen molar-refractivity contribution in [3.05, 3.63) is 58.1 Å². The van der Waals surface area contributed by atoms with Crippen LogP contribution in [-0.4, -0.2) is 5.91 Å². The van der Waals surface area contributed by atoms with E-state index in [2.05, 4.69) is 23.5 Å². The van der Waals surface area contributed by atoms with Crippen molar-refractivity contribution >= 4 is 17.3 Å². The van der Waals surface area contributed by atoms with Crippen LogP contribution in [0, 0.1) is 27.7 Å². The van der Waals surface area contributed by atoms with Gasteiger partial charge in [0, 0.05) is 11.4 Å². The fourth-order valence-corrected chi connectivity index (χ4v) is 2.33. The zero-order valence-corrected chi connectivity index (χ0v) is 13.1. The lowest BCUT2D eigenvalue weighted by Gasteiger charge is -2.12. The van der Waals surface area contributed by atoms with Gasteiger partial charge in [0.15, 0.2) is 0 Å². The molecule has 1 amide bonds. The average molecular weight is 282 g/mol. The molecule has 0 atom stereocenters. The molecule has 3 heteroatoms. The molecule has 0 unspecified atom stereocenters. The largest absolute Gasteiger partial charge is 0.399 e. The number of hydrogen-bond donors (Lipinski definition) is 2. The monoisotopic (exact) mass is 282 g/mol. The molecule has 0 aliphatic rings. The van der Waals surface area contributed by atoms with Gasteiger partial charge >= 0.3 is 0 Å². The summed E-state index contributed by atoms with van der Waals surface area (Å²) in [5, 5.41) is 2.98. The minimum absolute atomic E-state index is 0.00373. The Kier molecular flexibility index (Phi) is 4.32. The third-order valence-electron chi connectivity index (χ3n) is 3.74. The van der Waals surface area contributed by atoms with E-state index in [4.69, 9.17) is 5.73 Å². The van der Waals surface area contributed by atoms with Gasteiger partial charge in [0.25, 0.3) is 0 Å². The molecule has 110 valence electrons. The summed E-state index contributed by atoms with van der Waals surface area (Å²) in [5.74, 6) is -0.00373. The zero-order valence-electron chi connectivity index (χ0n) is 13.1. The molecular weight excluding hydrogens is 260 g/mol. The lowest BCUT2D eigenvalue weighted by Crippen LogP contribution is -2.16. The molecule has 2 aromatic carbocycles. The predicted octanol–water partition coefficient (Wildman–Crippen LogP) is 3.68. The van der Waals surface area contributed by atoms with Crippen molar-refractivity contribution in [1.82, 2.24) is 0 Å². The van der Waals surface area contributed by atoms with Crippen molar-refractivity contribution in [3.63, 3.8) is 0 Å². The lowest BCUT2D eigenvalue weighted by atomic mass is 10.0. The smallest absolute Gasteiger partial charge is 0.228 e. The number of carbonyl (C=O) groups is 1. The topological polar surface area (TPSA) is 55.1 Å². The first kappa shape index (κ1) is 15.1. The second kappa shape index (κ2) is 6.00. The van der Waals surface area contributed by atoms with Crippen LogP contribution in [0.1, 0.15) is 27.8 Å². The second-order valence-corrected chi connectivity index (χ2v) is 5.68. The van der Waals surface area contributed by atoms with Crippen molar-refractivity contribution in [2.24, 2.45) is 0 Å². The van der Waals surface area contributed by atoms with Crippen molar-refractivity contribution < 1.29 is 4.79 Å². The minimum Gasteiger partial charge on any atom is -0.399 e. The van der Waals surface area contributed by atoms with Crippen LogP contribution in [0.15, 0.2) is 30.3 Å². The zero-order chi connectivity index (χ0) is 15.6. The van der Waals surface area contributed by atoms with Gasteiger partial charge in [-0.1, -0.05) is 23.8 Å². The van der Waals surface area contributed by atoms with E-state index >= 15 is 0 Å². The first-order valence-electron chi connectivity index (χ1n) is 7.09. The molecule has 0 saturated carbocycles. The number of carbonyl (C=O) groups excluding carboxylic acids is 1. The maximum absolute atomic E-state index is 12.3. The van der Waals surface area contributed by atoms with E-state index in [1.807, 2.05) is 39.8 Å². The third kappa shape index (κ3) is 3.63. The van der Waals surface area contributed by atoms with Gasteiger partial charge in [-0.15, -0.1) is 0 Å². The number of nitrogens with one attached hydrogen (secondary N) is 1. The summed E-state index contributed by atoms with van der Waals surface area (Å²) < 4.78 is 0. The lowest BCUT2D eigenvalue weighted by molar-refractivity contribution is -0.115. The van der Waals surface area contributed by atoms with Crippen LogP contribution in [0.2, 0.25) is 0 Å². The highest BCUT2D eigenvalue weighted by molar-refractivity contribution is 5.93. The molecule has 0 aliphatic heterocycles. The molecule has 2 rings (SSSR count). The van der Waals surface area contributed by atoms with E-state index < -0.39 is 0 Å². The molecular formula is C18H22N2O. The molecule has 0 aromatic heterocycles. The molecule has 21 heavy (non-hydrogen) atoms. The molecule has 0 saturated heterocycles. The van der Waals surface area contributed by atoms with Gasteiger partial charge < -0.3 is 11.1 Å². The maximum atomic E-state index is 12.3. The van der Waals surface area contributed by atoms with Gasteiger partial charge in [-0.25, -0.2) is 0 Å². The number of aryl methyl sites for hydroxylation is 4. The minimum atomic E-state index is -0.00373. The maximum Gasteiger partial charge on any atom is 0.228 e. The van der Waals surface area contributed by atoms with E-state index in [1.165, 1.54) is 5.56 Å². The van der Waals surface area contributed by atoms with Gasteiger partial charge in [-0.05, 0) is 62.1 Å². The molecule has 0 radical (unpaired) electrons. The second-order valence-electron chi connectivity index (χ2n) is 5.68. The summed E-state index contributed by atoms with van der Waals surface area (Å²) in [7, 11) is 0. The highest BCUT2D eigenvalue weighted by Gasteiger charge is 2.09. The van der Waals surface area contributed by atoms with Crippen molar-refractivity contribution in [1.29, 1.82) is 0 Å². The predicted molar refractivity (Wildman–Crippen MR) is 88.6 cm³/mol. The molecule has 2 aromatic rings. The molecule has 3 N–H and O–H groups in total. The Morgan fingerprint density at radius 1 is 1.00 bits per heavy atom. The van der Waals surface area contributed by atoms with E-state index in [9.17, 15) is 4.79 Å². The van der Waals surface area contributed by atoms with Gasteiger partial charge in [-0.2, -0.15) is 0 Å². The Hall–Kier alpha value is -2.29. The van der Waals surface area contributed by atoms with E-state index in [-0.39, 0.29) is 5.91 Å². The number of amides is 1. The number of rotatable bonds is 3. The first-order valence-corrected chi connectivity index (χ1v) is 7.09. The SMILES string of the molecule is Cc1ccc(C)c(CC(=O)Nc2cc(C)c(N)cc2C)c1. The quantitative estimate of drug-likeness (QED) is 0.844. The molecule has 0 spiro atoms. The fraction of sp³-hybridized carbons (Fsp3) is 0.278. The summed E-state index contributed by atoms with van der Waals surface area (Å²) in [5.41, 5.74) is 12.8. The van der Waals surface area contributed by atoms with Crippen LogP contribution in [-0.2, 0) is 11.2 Å². The van der Waals surface area contributed by atoms with E-state index in [0.29, 0.717) is 6.42 Å². The summed E-state index contributed by atoms with van der Waals surface area (Å²) >= 11 is 0. The summed E-state index contributed by atoms with van der Waals surface area (Å²) in [6.45, 7) is 7.95. The van der Waals surface area contributed by atoms with Gasteiger partial charge in [0.2, 0.25) is 5.91 Å². The van der Waals surface area contributed by atoms with Crippen molar-refractivity contribution in [3.8, 4) is 0 Å². The number of anilines is 2. The van der Waals surface area contributed by atoms with Crippen molar-refractivity contribution in [2.75, 3.05) is 11.1 Å². The Morgan fingerprint density at radius 3 is 2.43 bits per heavy atom. The third-order valence-corrected chi connectivity index (χ3v) is 3.74. The van der Waals surface area contributed by atoms with Crippen molar-refractivity contribution in [2.45, 2.75) is 34.1 Å². The van der Waals surface area contributed by atoms with Crippen LogP contribution < -0.4 is 11.1 Å². The van der Waals surface area contributed by atoms with Crippen LogP contribution in [0.4, 0.5) is 11.4 Å². The van der Waals surface area contributed by atoms with E-state index in [0.717, 1.165) is 33.6 Å².